The second-order valence-corrected chi connectivity index (χ2v) is 6.10. The minimum atomic E-state index is -3.03. The van der Waals surface area contributed by atoms with Gasteiger partial charge in [0.1, 0.15) is 5.15 Å². The van der Waals surface area contributed by atoms with Gasteiger partial charge in [0.15, 0.2) is 9.84 Å². The Morgan fingerprint density at radius 1 is 1.53 bits per heavy atom. The Morgan fingerprint density at radius 2 is 2.20 bits per heavy atom. The van der Waals surface area contributed by atoms with Crippen molar-refractivity contribution < 1.29 is 8.42 Å². The average molecular weight is 251 g/mol. The van der Waals surface area contributed by atoms with E-state index in [0.717, 1.165) is 6.42 Å². The third kappa shape index (κ3) is 3.83. The van der Waals surface area contributed by atoms with Crippen molar-refractivity contribution in [3.63, 3.8) is 0 Å². The van der Waals surface area contributed by atoms with Gasteiger partial charge in [0.2, 0.25) is 0 Å². The fourth-order valence-corrected chi connectivity index (χ4v) is 2.86. The molecule has 0 aliphatic carbocycles. The van der Waals surface area contributed by atoms with Gasteiger partial charge in [-0.2, -0.15) is 5.10 Å². The highest BCUT2D eigenvalue weighted by Gasteiger charge is 2.14. The van der Waals surface area contributed by atoms with Crippen molar-refractivity contribution in [2.75, 3.05) is 5.75 Å². The van der Waals surface area contributed by atoms with Crippen molar-refractivity contribution in [1.29, 1.82) is 0 Å². The summed E-state index contributed by atoms with van der Waals surface area (Å²) < 4.78 is 24.6. The molecule has 4 nitrogen and oxygen atoms in total. The smallest absolute Gasteiger partial charge is 0.156 e. The largest absolute Gasteiger partial charge is 0.257 e. The maximum atomic E-state index is 11.6. The summed E-state index contributed by atoms with van der Waals surface area (Å²) >= 11 is 5.77. The molecule has 1 heterocycles. The van der Waals surface area contributed by atoms with E-state index in [4.69, 9.17) is 11.6 Å². The summed E-state index contributed by atoms with van der Waals surface area (Å²) in [6.07, 6.45) is 1.57. The molecule has 0 saturated heterocycles. The monoisotopic (exact) mass is 250 g/mol. The predicted molar refractivity (Wildman–Crippen MR) is 60.6 cm³/mol. The molecule has 0 N–H and O–H groups in total. The molecule has 0 radical (unpaired) electrons. The van der Waals surface area contributed by atoms with E-state index < -0.39 is 9.84 Å². The topological polar surface area (TPSA) is 52.0 Å². The van der Waals surface area contributed by atoms with E-state index in [1.54, 1.807) is 13.1 Å². The first-order chi connectivity index (χ1) is 6.94. The van der Waals surface area contributed by atoms with Gasteiger partial charge in [0.25, 0.3) is 0 Å². The van der Waals surface area contributed by atoms with Crippen molar-refractivity contribution in [2.45, 2.75) is 25.5 Å². The number of aryl methyl sites for hydroxylation is 1. The van der Waals surface area contributed by atoms with Crippen LogP contribution in [0.1, 0.15) is 25.5 Å². The molecule has 0 aliphatic rings. The summed E-state index contributed by atoms with van der Waals surface area (Å²) in [6, 6.07) is 1.59. The van der Waals surface area contributed by atoms with E-state index in [0.29, 0.717) is 17.3 Å². The molecule has 0 spiro atoms. The van der Waals surface area contributed by atoms with Gasteiger partial charge in [-0.1, -0.05) is 24.9 Å². The van der Waals surface area contributed by atoms with Crippen molar-refractivity contribution in [1.82, 2.24) is 9.78 Å². The summed E-state index contributed by atoms with van der Waals surface area (Å²) in [4.78, 5) is 0. The first-order valence-corrected chi connectivity index (χ1v) is 7.03. The van der Waals surface area contributed by atoms with Gasteiger partial charge >= 0.3 is 0 Å². The number of hydrogen-bond acceptors (Lipinski definition) is 3. The molecule has 0 aliphatic heterocycles. The molecule has 0 aromatic carbocycles. The standard InChI is InChI=1S/C9H15ClN2O2S/c1-3-4-5-15(13,14)7-8-6-9(10)12(2)11-8/h6H,3-5,7H2,1-2H3. The first-order valence-electron chi connectivity index (χ1n) is 4.83. The highest BCUT2D eigenvalue weighted by molar-refractivity contribution is 7.90. The van der Waals surface area contributed by atoms with Crippen LogP contribution in [0.5, 0.6) is 0 Å². The van der Waals surface area contributed by atoms with E-state index in [1.807, 2.05) is 6.92 Å². The van der Waals surface area contributed by atoms with Crippen LogP contribution in [0.3, 0.4) is 0 Å². The van der Waals surface area contributed by atoms with Gasteiger partial charge < -0.3 is 0 Å². The van der Waals surface area contributed by atoms with Gasteiger partial charge in [0, 0.05) is 7.05 Å². The molecule has 1 aromatic heterocycles. The zero-order valence-electron chi connectivity index (χ0n) is 8.90. The molecule has 0 amide bonds. The number of aromatic nitrogens is 2. The Labute approximate surface area is 95.2 Å². The van der Waals surface area contributed by atoms with Crippen molar-refractivity contribution in [3.05, 3.63) is 16.9 Å². The van der Waals surface area contributed by atoms with Crippen LogP contribution in [0, 0.1) is 0 Å². The minimum Gasteiger partial charge on any atom is -0.257 e. The lowest BCUT2D eigenvalue weighted by Gasteiger charge is -1.99. The Morgan fingerprint density at radius 3 is 2.67 bits per heavy atom. The van der Waals surface area contributed by atoms with Crippen molar-refractivity contribution in [2.24, 2.45) is 7.05 Å². The van der Waals surface area contributed by atoms with Crippen LogP contribution < -0.4 is 0 Å². The zero-order valence-corrected chi connectivity index (χ0v) is 10.5. The summed E-state index contributed by atoms with van der Waals surface area (Å²) in [7, 11) is -1.35. The zero-order chi connectivity index (χ0) is 11.5. The van der Waals surface area contributed by atoms with Crippen LogP contribution in [-0.2, 0) is 22.6 Å². The first kappa shape index (κ1) is 12.5. The number of hydrogen-bond donors (Lipinski definition) is 0. The van der Waals surface area contributed by atoms with Gasteiger partial charge in [-0.15, -0.1) is 0 Å². The van der Waals surface area contributed by atoms with E-state index in [2.05, 4.69) is 5.10 Å². The Hall–Kier alpha value is -0.550. The molecule has 0 bridgehead atoms. The van der Waals surface area contributed by atoms with Crippen LogP contribution in [0.2, 0.25) is 5.15 Å². The number of nitrogens with zero attached hydrogens (tertiary/aromatic N) is 2. The Bertz CT molecular complexity index is 406. The molecular formula is C9H15ClN2O2S. The lowest BCUT2D eigenvalue weighted by Crippen LogP contribution is -2.09. The molecule has 0 saturated carbocycles. The maximum absolute atomic E-state index is 11.6. The molecule has 1 aromatic rings. The number of rotatable bonds is 5. The van der Waals surface area contributed by atoms with Gasteiger partial charge in [-0.25, -0.2) is 8.42 Å². The molecule has 0 unspecified atom stereocenters. The van der Waals surface area contributed by atoms with Crippen LogP contribution in [0.25, 0.3) is 0 Å². The summed E-state index contributed by atoms with van der Waals surface area (Å²) in [6.45, 7) is 1.97. The normalized spacial score (nSPS) is 11.9. The fraction of sp³-hybridized carbons (Fsp3) is 0.667. The predicted octanol–water partition coefficient (Wildman–Crippen LogP) is 1.79. The minimum absolute atomic E-state index is 0.0203. The maximum Gasteiger partial charge on any atom is 0.156 e. The number of halogens is 1. The van der Waals surface area contributed by atoms with Crippen molar-refractivity contribution in [3.8, 4) is 0 Å². The third-order valence-corrected chi connectivity index (χ3v) is 4.05. The third-order valence-electron chi connectivity index (χ3n) is 2.05. The molecular weight excluding hydrogens is 236 g/mol. The Balaban J connectivity index is 2.69. The van der Waals surface area contributed by atoms with Crippen LogP contribution in [-0.4, -0.2) is 24.0 Å². The van der Waals surface area contributed by atoms with Crippen LogP contribution in [0.4, 0.5) is 0 Å². The molecule has 0 atom stereocenters. The Kier molecular flexibility index (Phi) is 4.16. The van der Waals surface area contributed by atoms with Gasteiger partial charge in [-0.3, -0.25) is 4.68 Å². The van der Waals surface area contributed by atoms with Gasteiger partial charge in [-0.05, 0) is 12.5 Å². The van der Waals surface area contributed by atoms with E-state index in [-0.39, 0.29) is 11.5 Å². The highest BCUT2D eigenvalue weighted by atomic mass is 35.5. The summed E-state index contributed by atoms with van der Waals surface area (Å²) in [5.41, 5.74) is 0.513. The van der Waals surface area contributed by atoms with E-state index in [9.17, 15) is 8.42 Å². The second kappa shape index (κ2) is 4.99. The molecule has 1 rings (SSSR count). The van der Waals surface area contributed by atoms with Crippen LogP contribution in [0.15, 0.2) is 6.07 Å². The van der Waals surface area contributed by atoms with E-state index >= 15 is 0 Å². The highest BCUT2D eigenvalue weighted by Crippen LogP contribution is 2.12. The van der Waals surface area contributed by atoms with Crippen LogP contribution >= 0.6 is 11.6 Å². The van der Waals surface area contributed by atoms with Gasteiger partial charge in [0.05, 0.1) is 17.2 Å². The average Bonchev–Trinajstić information content (AvgIpc) is 2.41. The molecule has 6 heteroatoms. The molecule has 15 heavy (non-hydrogen) atoms. The molecule has 0 fully saturated rings. The molecule has 86 valence electrons. The summed E-state index contributed by atoms with van der Waals surface area (Å²) in [5, 5.41) is 4.46. The number of unbranched alkanes of at least 4 members (excludes halogenated alkanes) is 1. The number of sulfone groups is 1. The van der Waals surface area contributed by atoms with E-state index in [1.165, 1.54) is 4.68 Å². The second-order valence-electron chi connectivity index (χ2n) is 3.53. The fourth-order valence-electron chi connectivity index (χ4n) is 1.23. The lowest BCUT2D eigenvalue weighted by atomic mass is 10.4. The summed E-state index contributed by atoms with van der Waals surface area (Å²) in [5.74, 6) is 0.200. The quantitative estimate of drug-likeness (QED) is 0.801. The SMILES string of the molecule is CCCCS(=O)(=O)Cc1cc(Cl)n(C)n1. The lowest BCUT2D eigenvalue weighted by molar-refractivity contribution is 0.590. The van der Waals surface area contributed by atoms with Crippen molar-refractivity contribution >= 4 is 21.4 Å².